The predicted octanol–water partition coefficient (Wildman–Crippen LogP) is 1.02. The van der Waals surface area contributed by atoms with Crippen LogP contribution in [0.4, 0.5) is 0 Å². The highest BCUT2D eigenvalue weighted by Gasteiger charge is 1.97. The Morgan fingerprint density at radius 2 is 2.06 bits per heavy atom. The molecule has 0 spiro atoms. The first-order valence-electron chi connectivity index (χ1n) is 5.31. The lowest BCUT2D eigenvalue weighted by atomic mass is 10.1. The number of carbonyl (C=O) groups excluding carboxylic acids is 1. The van der Waals surface area contributed by atoms with E-state index in [1.165, 1.54) is 0 Å². The summed E-state index contributed by atoms with van der Waals surface area (Å²) in [6.07, 6.45) is 0.514. The van der Waals surface area contributed by atoms with Gasteiger partial charge in [-0.25, -0.2) is 0 Å². The monoisotopic (exact) mass is 216 g/mol. The predicted molar refractivity (Wildman–Crippen MR) is 64.5 cm³/mol. The van der Waals surface area contributed by atoms with Crippen molar-refractivity contribution in [3.05, 3.63) is 35.4 Å². The average Bonchev–Trinajstić information content (AvgIpc) is 2.34. The summed E-state index contributed by atoms with van der Waals surface area (Å²) in [5, 5.41) is 2.82. The second-order valence-corrected chi connectivity index (χ2v) is 3.33. The van der Waals surface area contributed by atoms with Crippen LogP contribution in [0.2, 0.25) is 0 Å². The van der Waals surface area contributed by atoms with E-state index < -0.39 is 0 Å². The highest BCUT2D eigenvalue weighted by Crippen LogP contribution is 2.02. The third kappa shape index (κ3) is 4.16. The Morgan fingerprint density at radius 3 is 2.62 bits per heavy atom. The molecule has 1 aromatic rings. The molecule has 3 nitrogen and oxygen atoms in total. The lowest BCUT2D eigenvalue weighted by molar-refractivity contribution is -0.120. The van der Waals surface area contributed by atoms with Gasteiger partial charge in [0.2, 0.25) is 5.91 Å². The highest BCUT2D eigenvalue weighted by atomic mass is 16.1. The normalized spacial score (nSPS) is 9.12. The van der Waals surface area contributed by atoms with E-state index in [1.54, 1.807) is 0 Å². The van der Waals surface area contributed by atoms with Gasteiger partial charge in [-0.2, -0.15) is 0 Å². The SMILES string of the molecule is CCC(=O)NCc1ccc(C#CCN)cc1. The smallest absolute Gasteiger partial charge is 0.219 e. The molecule has 1 aromatic carbocycles. The van der Waals surface area contributed by atoms with Crippen molar-refractivity contribution in [3.63, 3.8) is 0 Å². The summed E-state index contributed by atoms with van der Waals surface area (Å²) in [7, 11) is 0. The highest BCUT2D eigenvalue weighted by molar-refractivity contribution is 5.75. The summed E-state index contributed by atoms with van der Waals surface area (Å²) in [6, 6.07) is 7.76. The number of hydrogen-bond acceptors (Lipinski definition) is 2. The van der Waals surface area contributed by atoms with Crippen molar-refractivity contribution in [2.45, 2.75) is 19.9 Å². The van der Waals surface area contributed by atoms with Gasteiger partial charge >= 0.3 is 0 Å². The molecule has 0 aliphatic heterocycles. The van der Waals surface area contributed by atoms with Crippen molar-refractivity contribution in [3.8, 4) is 11.8 Å². The molecule has 0 atom stereocenters. The largest absolute Gasteiger partial charge is 0.352 e. The van der Waals surface area contributed by atoms with Crippen LogP contribution >= 0.6 is 0 Å². The summed E-state index contributed by atoms with van der Waals surface area (Å²) >= 11 is 0. The number of hydrogen-bond donors (Lipinski definition) is 2. The first-order chi connectivity index (χ1) is 7.76. The minimum Gasteiger partial charge on any atom is -0.352 e. The van der Waals surface area contributed by atoms with Crippen LogP contribution in [0, 0.1) is 11.8 Å². The summed E-state index contributed by atoms with van der Waals surface area (Å²) in [4.78, 5) is 11.0. The number of rotatable bonds is 3. The minimum absolute atomic E-state index is 0.0620. The summed E-state index contributed by atoms with van der Waals surface area (Å²) < 4.78 is 0. The Labute approximate surface area is 96.0 Å². The number of nitrogens with one attached hydrogen (secondary N) is 1. The number of nitrogens with two attached hydrogens (primary N) is 1. The van der Waals surface area contributed by atoms with Crippen molar-refractivity contribution < 1.29 is 4.79 Å². The third-order valence-electron chi connectivity index (χ3n) is 2.10. The quantitative estimate of drug-likeness (QED) is 0.741. The standard InChI is InChI=1S/C13H16N2O/c1-2-13(16)15-10-12-7-5-11(6-8-12)4-3-9-14/h5-8H,2,9-10,14H2,1H3,(H,15,16). The fraction of sp³-hybridized carbons (Fsp3) is 0.308. The van der Waals surface area contributed by atoms with Gasteiger partial charge in [-0.15, -0.1) is 0 Å². The van der Waals surface area contributed by atoms with Crippen molar-refractivity contribution >= 4 is 5.91 Å². The van der Waals surface area contributed by atoms with Crippen molar-refractivity contribution in [1.29, 1.82) is 0 Å². The molecule has 1 amide bonds. The van der Waals surface area contributed by atoms with Crippen LogP contribution in [0.15, 0.2) is 24.3 Å². The fourth-order valence-corrected chi connectivity index (χ4v) is 1.18. The zero-order valence-electron chi connectivity index (χ0n) is 9.42. The average molecular weight is 216 g/mol. The molecule has 0 heterocycles. The molecule has 3 N–H and O–H groups in total. The van der Waals surface area contributed by atoms with E-state index in [-0.39, 0.29) is 5.91 Å². The lowest BCUT2D eigenvalue weighted by Crippen LogP contribution is -2.21. The van der Waals surface area contributed by atoms with E-state index in [1.807, 2.05) is 31.2 Å². The maximum atomic E-state index is 11.0. The first kappa shape index (κ1) is 12.3. The Balaban J connectivity index is 2.54. The Bertz CT molecular complexity index is 398. The molecule has 0 saturated heterocycles. The number of amides is 1. The zero-order valence-corrected chi connectivity index (χ0v) is 9.42. The molecule has 84 valence electrons. The molecule has 0 radical (unpaired) electrons. The van der Waals surface area contributed by atoms with E-state index >= 15 is 0 Å². The minimum atomic E-state index is 0.0620. The third-order valence-corrected chi connectivity index (χ3v) is 2.10. The molecule has 0 saturated carbocycles. The van der Waals surface area contributed by atoms with E-state index in [0.29, 0.717) is 19.5 Å². The van der Waals surface area contributed by atoms with Crippen molar-refractivity contribution in [2.24, 2.45) is 5.73 Å². The van der Waals surface area contributed by atoms with E-state index in [4.69, 9.17) is 5.73 Å². The second kappa shape index (κ2) is 6.65. The van der Waals surface area contributed by atoms with Crippen LogP contribution in [-0.4, -0.2) is 12.5 Å². The van der Waals surface area contributed by atoms with Crippen molar-refractivity contribution in [1.82, 2.24) is 5.32 Å². The molecule has 0 unspecified atom stereocenters. The molecular formula is C13H16N2O. The lowest BCUT2D eigenvalue weighted by Gasteiger charge is -2.03. The molecule has 0 fully saturated rings. The molecule has 1 rings (SSSR count). The Kier molecular flexibility index (Phi) is 5.10. The summed E-state index contributed by atoms with van der Waals surface area (Å²) in [6.45, 7) is 2.77. The Morgan fingerprint density at radius 1 is 1.38 bits per heavy atom. The fourth-order valence-electron chi connectivity index (χ4n) is 1.18. The van der Waals surface area contributed by atoms with Gasteiger partial charge in [0.1, 0.15) is 0 Å². The second-order valence-electron chi connectivity index (χ2n) is 3.33. The van der Waals surface area contributed by atoms with Gasteiger partial charge < -0.3 is 11.1 Å². The Hall–Kier alpha value is -1.79. The molecule has 16 heavy (non-hydrogen) atoms. The van der Waals surface area contributed by atoms with Gasteiger partial charge in [0, 0.05) is 18.5 Å². The molecule has 0 aliphatic rings. The topological polar surface area (TPSA) is 55.1 Å². The van der Waals surface area contributed by atoms with Crippen LogP contribution in [0.3, 0.4) is 0 Å². The molecule has 0 bridgehead atoms. The summed E-state index contributed by atoms with van der Waals surface area (Å²) in [5.74, 6) is 5.80. The van der Waals surface area contributed by atoms with Gasteiger partial charge in [0.25, 0.3) is 0 Å². The van der Waals surface area contributed by atoms with E-state index in [0.717, 1.165) is 11.1 Å². The summed E-state index contributed by atoms with van der Waals surface area (Å²) in [5.41, 5.74) is 7.29. The number of benzene rings is 1. The van der Waals surface area contributed by atoms with Gasteiger partial charge in [0.15, 0.2) is 0 Å². The zero-order chi connectivity index (χ0) is 11.8. The van der Waals surface area contributed by atoms with Crippen LogP contribution in [0.25, 0.3) is 0 Å². The van der Waals surface area contributed by atoms with Crippen molar-refractivity contribution in [2.75, 3.05) is 6.54 Å². The first-order valence-corrected chi connectivity index (χ1v) is 5.31. The molecular weight excluding hydrogens is 200 g/mol. The van der Waals surface area contributed by atoms with Gasteiger partial charge in [0.05, 0.1) is 6.54 Å². The maximum Gasteiger partial charge on any atom is 0.219 e. The van der Waals surface area contributed by atoms with Gasteiger partial charge in [-0.3, -0.25) is 4.79 Å². The van der Waals surface area contributed by atoms with Crippen LogP contribution in [0.1, 0.15) is 24.5 Å². The van der Waals surface area contributed by atoms with Gasteiger partial charge in [-0.05, 0) is 17.7 Å². The van der Waals surface area contributed by atoms with Crippen LogP contribution in [0.5, 0.6) is 0 Å². The molecule has 0 aromatic heterocycles. The molecule has 3 heteroatoms. The molecule has 0 aliphatic carbocycles. The number of carbonyl (C=O) groups is 1. The van der Waals surface area contributed by atoms with Crippen LogP contribution in [-0.2, 0) is 11.3 Å². The van der Waals surface area contributed by atoms with Gasteiger partial charge in [-0.1, -0.05) is 30.9 Å². The van der Waals surface area contributed by atoms with E-state index in [9.17, 15) is 4.79 Å². The maximum absolute atomic E-state index is 11.0. The van der Waals surface area contributed by atoms with Crippen LogP contribution < -0.4 is 11.1 Å². The van der Waals surface area contributed by atoms with E-state index in [2.05, 4.69) is 17.2 Å².